The first-order chi connectivity index (χ1) is 11.8. The highest BCUT2D eigenvalue weighted by molar-refractivity contribution is 5.45. The number of nitrogens with one attached hydrogen (secondary N) is 1. The third-order valence-corrected chi connectivity index (χ3v) is 6.50. The molecule has 0 amide bonds. The lowest BCUT2D eigenvalue weighted by molar-refractivity contribution is -0.0668. The number of pyridine rings is 1. The van der Waals surface area contributed by atoms with Crippen LogP contribution >= 0.6 is 0 Å². The number of hydrogen-bond acceptors (Lipinski definition) is 5. The molecule has 0 radical (unpaired) electrons. The van der Waals surface area contributed by atoms with Gasteiger partial charge >= 0.3 is 0 Å². The average molecular weight is 345 g/mol. The summed E-state index contributed by atoms with van der Waals surface area (Å²) >= 11 is 0. The van der Waals surface area contributed by atoms with Gasteiger partial charge in [0.05, 0.1) is 12.2 Å². The van der Waals surface area contributed by atoms with Gasteiger partial charge in [-0.1, -0.05) is 6.07 Å². The van der Waals surface area contributed by atoms with Gasteiger partial charge in [-0.05, 0) is 70.5 Å². The van der Waals surface area contributed by atoms with E-state index >= 15 is 0 Å². The quantitative estimate of drug-likeness (QED) is 0.881. The molecule has 138 valence electrons. The first-order valence-corrected chi connectivity index (χ1v) is 9.67. The molecule has 3 N–H and O–H groups in total. The molecular weight excluding hydrogens is 312 g/mol. The molecule has 2 aliphatic carbocycles. The van der Waals surface area contributed by atoms with Crippen molar-refractivity contribution in [3.05, 3.63) is 23.4 Å². The average Bonchev–Trinajstić information content (AvgIpc) is 2.48. The molecule has 0 unspecified atom stereocenters. The maximum Gasteiger partial charge on any atom is 0.128 e. The number of nitrogens with two attached hydrogens (primary N) is 1. The van der Waals surface area contributed by atoms with E-state index in [4.69, 9.17) is 15.5 Å². The van der Waals surface area contributed by atoms with Crippen LogP contribution in [0.2, 0.25) is 0 Å². The fourth-order valence-electron chi connectivity index (χ4n) is 5.57. The van der Waals surface area contributed by atoms with Gasteiger partial charge in [-0.3, -0.25) is 0 Å². The maximum atomic E-state index is 6.78. The fourth-order valence-corrected chi connectivity index (χ4v) is 5.57. The van der Waals surface area contributed by atoms with Crippen molar-refractivity contribution in [3.63, 3.8) is 0 Å². The normalized spacial score (nSPS) is 40.7. The summed E-state index contributed by atoms with van der Waals surface area (Å²) in [4.78, 5) is 7.25. The van der Waals surface area contributed by atoms with Crippen molar-refractivity contribution >= 4 is 5.82 Å². The van der Waals surface area contributed by atoms with Crippen LogP contribution in [0.4, 0.5) is 5.82 Å². The van der Waals surface area contributed by atoms with Gasteiger partial charge < -0.3 is 20.7 Å². The number of nitrogens with zero attached hydrogens (tertiary/aromatic N) is 2. The predicted octanol–water partition coefficient (Wildman–Crippen LogP) is 2.32. The van der Waals surface area contributed by atoms with Crippen LogP contribution in [-0.4, -0.2) is 43.4 Å². The van der Waals surface area contributed by atoms with Crippen LogP contribution in [0.25, 0.3) is 0 Å². The highest BCUT2D eigenvalue weighted by Crippen LogP contribution is 2.63. The predicted molar refractivity (Wildman–Crippen MR) is 101 cm³/mol. The molecule has 5 nitrogen and oxygen atoms in total. The second kappa shape index (κ2) is 5.93. The topological polar surface area (TPSA) is 63.4 Å². The van der Waals surface area contributed by atoms with E-state index < -0.39 is 0 Å². The second-order valence-corrected chi connectivity index (χ2v) is 8.87. The second-order valence-electron chi connectivity index (χ2n) is 8.87. The summed E-state index contributed by atoms with van der Waals surface area (Å²) in [7, 11) is 2.06. The summed E-state index contributed by atoms with van der Waals surface area (Å²) in [5.74, 6) is 1.06. The number of aryl methyl sites for hydroxylation is 1. The fraction of sp³-hybridized carbons (Fsp3) is 0.750. The van der Waals surface area contributed by atoms with Crippen molar-refractivity contribution in [3.8, 4) is 0 Å². The molecule has 2 atom stereocenters. The molecule has 2 saturated carbocycles. The summed E-state index contributed by atoms with van der Waals surface area (Å²) in [6.45, 7) is 8.17. The number of rotatable bonds is 3. The van der Waals surface area contributed by atoms with E-state index in [9.17, 15) is 0 Å². The minimum Gasteiger partial charge on any atom is -0.372 e. The van der Waals surface area contributed by atoms with Crippen LogP contribution in [0, 0.1) is 12.3 Å². The Morgan fingerprint density at radius 3 is 2.40 bits per heavy atom. The van der Waals surface area contributed by atoms with Gasteiger partial charge in [0.2, 0.25) is 0 Å². The number of morpholine rings is 1. The zero-order valence-corrected chi connectivity index (χ0v) is 16.0. The van der Waals surface area contributed by atoms with E-state index in [1.165, 1.54) is 18.4 Å². The molecule has 3 aliphatic rings. The third-order valence-electron chi connectivity index (χ3n) is 6.50. The van der Waals surface area contributed by atoms with Gasteiger partial charge in [0.25, 0.3) is 0 Å². The van der Waals surface area contributed by atoms with E-state index in [1.54, 1.807) is 0 Å². The molecule has 5 heteroatoms. The SMILES string of the molecule is CNC1CC2(C1)CC(N)(c1ccc(N3C[C@@H](C)O[C@@H](C)C3)nc1C)C2. The van der Waals surface area contributed by atoms with Crippen molar-refractivity contribution in [1.82, 2.24) is 10.3 Å². The Morgan fingerprint density at radius 2 is 1.84 bits per heavy atom. The van der Waals surface area contributed by atoms with Crippen LogP contribution in [-0.2, 0) is 10.3 Å². The van der Waals surface area contributed by atoms with Crippen LogP contribution < -0.4 is 16.0 Å². The number of ether oxygens (including phenoxy) is 1. The van der Waals surface area contributed by atoms with Crippen LogP contribution in [0.5, 0.6) is 0 Å². The molecule has 1 aromatic heterocycles. The monoisotopic (exact) mass is 344 g/mol. The first-order valence-electron chi connectivity index (χ1n) is 9.67. The third kappa shape index (κ3) is 2.96. The van der Waals surface area contributed by atoms with Crippen LogP contribution in [0.1, 0.15) is 50.8 Å². The Balaban J connectivity index is 1.48. The molecule has 4 rings (SSSR count). The number of aromatic nitrogens is 1. The standard InChI is InChI=1S/C20H32N4O/c1-13-9-24(10-14(2)25-13)18-6-5-17(15(3)23-18)20(21)11-19(12-20)7-16(8-19)22-4/h5-6,13-14,16,22H,7-12,21H2,1-4H3/t13-,14+,16?,19?,20?. The molecule has 3 fully saturated rings. The van der Waals surface area contributed by atoms with E-state index in [1.807, 2.05) is 0 Å². The van der Waals surface area contributed by atoms with E-state index in [-0.39, 0.29) is 17.7 Å². The lowest BCUT2D eigenvalue weighted by atomic mass is 9.46. The lowest BCUT2D eigenvalue weighted by Crippen LogP contribution is -2.63. The van der Waals surface area contributed by atoms with Gasteiger partial charge in [-0.15, -0.1) is 0 Å². The zero-order chi connectivity index (χ0) is 17.8. The Kier molecular flexibility index (Phi) is 4.09. The summed E-state index contributed by atoms with van der Waals surface area (Å²) in [5.41, 5.74) is 9.41. The number of hydrogen-bond donors (Lipinski definition) is 2. The molecule has 0 aromatic carbocycles. The number of anilines is 1. The lowest BCUT2D eigenvalue weighted by Gasteiger charge is -2.62. The molecule has 1 aliphatic heterocycles. The van der Waals surface area contributed by atoms with Crippen molar-refractivity contribution in [2.24, 2.45) is 11.1 Å². The Labute approximate surface area is 151 Å². The Morgan fingerprint density at radius 1 is 1.20 bits per heavy atom. The highest BCUT2D eigenvalue weighted by atomic mass is 16.5. The molecule has 0 bridgehead atoms. The van der Waals surface area contributed by atoms with Crippen molar-refractivity contribution in [1.29, 1.82) is 0 Å². The van der Waals surface area contributed by atoms with Crippen LogP contribution in [0.15, 0.2) is 12.1 Å². The molecule has 1 saturated heterocycles. The molecule has 2 heterocycles. The molecule has 25 heavy (non-hydrogen) atoms. The van der Waals surface area contributed by atoms with Crippen molar-refractivity contribution < 1.29 is 4.74 Å². The first kappa shape index (κ1) is 17.3. The van der Waals surface area contributed by atoms with Crippen molar-refractivity contribution in [2.45, 2.75) is 70.2 Å². The van der Waals surface area contributed by atoms with Gasteiger partial charge in [0, 0.05) is 30.4 Å². The molecular formula is C20H32N4O. The minimum absolute atomic E-state index is 0.181. The van der Waals surface area contributed by atoms with Gasteiger partial charge in [0.15, 0.2) is 0 Å². The minimum atomic E-state index is -0.181. The zero-order valence-electron chi connectivity index (χ0n) is 16.0. The van der Waals surface area contributed by atoms with Crippen LogP contribution in [0.3, 0.4) is 0 Å². The summed E-state index contributed by atoms with van der Waals surface area (Å²) in [6, 6.07) is 5.07. The van der Waals surface area contributed by atoms with E-state index in [0.717, 1.165) is 37.4 Å². The molecule has 1 spiro atoms. The largest absolute Gasteiger partial charge is 0.372 e. The van der Waals surface area contributed by atoms with E-state index in [0.29, 0.717) is 11.5 Å². The van der Waals surface area contributed by atoms with Gasteiger partial charge in [0.1, 0.15) is 5.82 Å². The van der Waals surface area contributed by atoms with Gasteiger partial charge in [-0.2, -0.15) is 0 Å². The summed E-state index contributed by atoms with van der Waals surface area (Å²) < 4.78 is 5.84. The maximum absolute atomic E-state index is 6.78. The highest BCUT2D eigenvalue weighted by Gasteiger charge is 2.59. The van der Waals surface area contributed by atoms with Crippen molar-refractivity contribution in [2.75, 3.05) is 25.0 Å². The smallest absolute Gasteiger partial charge is 0.128 e. The molecule has 1 aromatic rings. The Hall–Kier alpha value is -1.17. The summed E-state index contributed by atoms with van der Waals surface area (Å²) in [5, 5.41) is 3.39. The summed E-state index contributed by atoms with van der Waals surface area (Å²) in [6.07, 6.45) is 5.25. The van der Waals surface area contributed by atoms with Gasteiger partial charge in [-0.25, -0.2) is 4.98 Å². The van der Waals surface area contributed by atoms with E-state index in [2.05, 4.69) is 50.2 Å². The Bertz CT molecular complexity index is 637.